The van der Waals surface area contributed by atoms with Crippen molar-refractivity contribution >= 4 is 0 Å². The van der Waals surface area contributed by atoms with Crippen LogP contribution in [0.5, 0.6) is 11.5 Å². The molecule has 7 heteroatoms. The van der Waals surface area contributed by atoms with E-state index in [1.165, 1.54) is 0 Å². The number of hydrogen-bond donors (Lipinski definition) is 1. The zero-order chi connectivity index (χ0) is 15.7. The van der Waals surface area contributed by atoms with Crippen molar-refractivity contribution < 1.29 is 19.1 Å². The van der Waals surface area contributed by atoms with Gasteiger partial charge in [-0.15, -0.1) is 0 Å². The summed E-state index contributed by atoms with van der Waals surface area (Å²) in [6.45, 7) is 3.35. The molecule has 118 valence electrons. The van der Waals surface area contributed by atoms with Gasteiger partial charge in [0.15, 0.2) is 5.82 Å². The molecule has 1 aliphatic heterocycles. The topological polar surface area (TPSA) is 80.9 Å². The van der Waals surface area contributed by atoms with E-state index in [-0.39, 0.29) is 0 Å². The van der Waals surface area contributed by atoms with E-state index < -0.39 is 6.10 Å². The Morgan fingerprint density at radius 3 is 2.68 bits per heavy atom. The molecule has 0 aliphatic carbocycles. The van der Waals surface area contributed by atoms with E-state index >= 15 is 0 Å². The molecule has 0 radical (unpaired) electrons. The van der Waals surface area contributed by atoms with Crippen LogP contribution in [0, 0.1) is 6.92 Å². The normalized spacial score (nSPS) is 18.1. The van der Waals surface area contributed by atoms with Crippen molar-refractivity contribution in [2.24, 2.45) is 0 Å². The molecule has 0 saturated heterocycles. The summed E-state index contributed by atoms with van der Waals surface area (Å²) in [5, 5.41) is 14.3. The summed E-state index contributed by atoms with van der Waals surface area (Å²) < 4.78 is 15.9. The lowest BCUT2D eigenvalue weighted by molar-refractivity contribution is 0.0779. The van der Waals surface area contributed by atoms with Crippen LogP contribution in [-0.2, 0) is 13.1 Å². The fraction of sp³-hybridized carbons (Fsp3) is 0.467. The molecule has 0 saturated carbocycles. The summed E-state index contributed by atoms with van der Waals surface area (Å²) in [6.07, 6.45) is -0.655. The van der Waals surface area contributed by atoms with Crippen molar-refractivity contribution in [1.82, 2.24) is 15.0 Å². The first kappa shape index (κ1) is 14.8. The molecule has 1 N–H and O–H groups in total. The molecular weight excluding hydrogens is 286 g/mol. The quantitative estimate of drug-likeness (QED) is 0.915. The van der Waals surface area contributed by atoms with Gasteiger partial charge in [-0.05, 0) is 19.1 Å². The zero-order valence-electron chi connectivity index (χ0n) is 12.9. The van der Waals surface area contributed by atoms with Crippen molar-refractivity contribution in [2.75, 3.05) is 20.8 Å². The first-order chi connectivity index (χ1) is 10.6. The molecule has 0 unspecified atom stereocenters. The lowest BCUT2D eigenvalue weighted by Crippen LogP contribution is -2.33. The Morgan fingerprint density at radius 2 is 2.05 bits per heavy atom. The molecule has 2 aromatic rings. The molecular formula is C15H19N3O4. The molecule has 0 bridgehead atoms. The third-order valence-electron chi connectivity index (χ3n) is 3.79. The van der Waals surface area contributed by atoms with Gasteiger partial charge >= 0.3 is 0 Å². The Morgan fingerprint density at radius 1 is 1.32 bits per heavy atom. The second kappa shape index (κ2) is 5.94. The van der Waals surface area contributed by atoms with Gasteiger partial charge in [-0.3, -0.25) is 4.90 Å². The van der Waals surface area contributed by atoms with E-state index in [0.717, 1.165) is 16.9 Å². The van der Waals surface area contributed by atoms with Gasteiger partial charge in [0.2, 0.25) is 5.89 Å². The van der Waals surface area contributed by atoms with Gasteiger partial charge < -0.3 is 19.1 Å². The van der Waals surface area contributed by atoms with Gasteiger partial charge in [0.25, 0.3) is 0 Å². The smallest absolute Gasteiger partial charge is 0.240 e. The summed E-state index contributed by atoms with van der Waals surface area (Å²) in [4.78, 5) is 6.25. The second-order valence-corrected chi connectivity index (χ2v) is 5.28. The van der Waals surface area contributed by atoms with Crippen LogP contribution in [0.3, 0.4) is 0 Å². The summed E-state index contributed by atoms with van der Waals surface area (Å²) >= 11 is 0. The van der Waals surface area contributed by atoms with Gasteiger partial charge in [0, 0.05) is 24.2 Å². The number of β-amino-alcohol motifs (C(OH)–C–C–N with tert-alkyl or cyclic N) is 1. The lowest BCUT2D eigenvalue weighted by Gasteiger charge is -2.33. The number of hydrogen-bond acceptors (Lipinski definition) is 7. The summed E-state index contributed by atoms with van der Waals surface area (Å²) in [5.74, 6) is 2.56. The molecule has 1 aromatic carbocycles. The Labute approximate surface area is 128 Å². The average Bonchev–Trinajstić information content (AvgIpc) is 2.91. The standard InChI is InChI=1S/C15H19N3O4/c1-9-16-14(22-17-9)8-18-6-10-12(20-2)4-5-13(21-3)15(10)11(19)7-18/h4-5,11,19H,6-8H2,1-3H3/t11-/m1/s1. The van der Waals surface area contributed by atoms with Crippen molar-refractivity contribution in [3.8, 4) is 11.5 Å². The highest BCUT2D eigenvalue weighted by molar-refractivity contribution is 5.51. The van der Waals surface area contributed by atoms with E-state index in [2.05, 4.69) is 10.1 Å². The van der Waals surface area contributed by atoms with Crippen molar-refractivity contribution in [3.63, 3.8) is 0 Å². The summed E-state index contributed by atoms with van der Waals surface area (Å²) in [6, 6.07) is 3.67. The SMILES string of the molecule is COc1ccc(OC)c2c1CN(Cc1nc(C)no1)C[C@H]2O. The number of aryl methyl sites for hydroxylation is 1. The molecule has 1 atom stereocenters. The molecule has 22 heavy (non-hydrogen) atoms. The molecule has 1 aliphatic rings. The van der Waals surface area contributed by atoms with Gasteiger partial charge in [0.1, 0.15) is 11.5 Å². The van der Waals surface area contributed by atoms with Crippen LogP contribution in [0.1, 0.15) is 28.9 Å². The number of nitrogens with zero attached hydrogens (tertiary/aromatic N) is 3. The molecule has 0 spiro atoms. The van der Waals surface area contributed by atoms with E-state index in [1.54, 1.807) is 21.1 Å². The minimum atomic E-state index is -0.655. The fourth-order valence-electron chi connectivity index (χ4n) is 2.86. The number of methoxy groups -OCH3 is 2. The first-order valence-corrected chi connectivity index (χ1v) is 7.05. The Bertz CT molecular complexity index is 671. The van der Waals surface area contributed by atoms with Crippen LogP contribution < -0.4 is 9.47 Å². The first-order valence-electron chi connectivity index (χ1n) is 7.05. The second-order valence-electron chi connectivity index (χ2n) is 5.28. The molecule has 2 heterocycles. The molecule has 7 nitrogen and oxygen atoms in total. The highest BCUT2D eigenvalue weighted by atomic mass is 16.5. The van der Waals surface area contributed by atoms with E-state index in [9.17, 15) is 5.11 Å². The van der Waals surface area contributed by atoms with Crippen LogP contribution in [0.25, 0.3) is 0 Å². The van der Waals surface area contributed by atoms with E-state index in [0.29, 0.717) is 37.1 Å². The Hall–Kier alpha value is -2.12. The molecule has 0 fully saturated rings. The maximum atomic E-state index is 10.5. The predicted octanol–water partition coefficient (Wildman–Crippen LogP) is 1.44. The van der Waals surface area contributed by atoms with Crippen LogP contribution in [0.15, 0.2) is 16.7 Å². The van der Waals surface area contributed by atoms with Gasteiger partial charge in [-0.1, -0.05) is 5.16 Å². The number of aliphatic hydroxyl groups is 1. The maximum absolute atomic E-state index is 10.5. The van der Waals surface area contributed by atoms with Crippen molar-refractivity contribution in [2.45, 2.75) is 26.1 Å². The van der Waals surface area contributed by atoms with E-state index in [4.69, 9.17) is 14.0 Å². The highest BCUT2D eigenvalue weighted by Gasteiger charge is 2.30. The largest absolute Gasteiger partial charge is 0.496 e. The maximum Gasteiger partial charge on any atom is 0.240 e. The predicted molar refractivity (Wildman–Crippen MR) is 77.7 cm³/mol. The summed E-state index contributed by atoms with van der Waals surface area (Å²) in [7, 11) is 3.22. The Kier molecular flexibility index (Phi) is 4.00. The third kappa shape index (κ3) is 2.65. The van der Waals surface area contributed by atoms with Gasteiger partial charge in [0.05, 0.1) is 26.9 Å². The monoisotopic (exact) mass is 305 g/mol. The minimum Gasteiger partial charge on any atom is -0.496 e. The number of benzene rings is 1. The zero-order valence-corrected chi connectivity index (χ0v) is 12.9. The van der Waals surface area contributed by atoms with E-state index in [1.807, 2.05) is 17.0 Å². The van der Waals surface area contributed by atoms with Crippen LogP contribution in [0.2, 0.25) is 0 Å². The van der Waals surface area contributed by atoms with Crippen LogP contribution >= 0.6 is 0 Å². The number of rotatable bonds is 4. The molecule has 3 rings (SSSR count). The molecule has 0 amide bonds. The van der Waals surface area contributed by atoms with Crippen molar-refractivity contribution in [3.05, 3.63) is 35.0 Å². The number of fused-ring (bicyclic) bond motifs is 1. The number of aromatic nitrogens is 2. The van der Waals surface area contributed by atoms with Crippen LogP contribution in [-0.4, -0.2) is 40.9 Å². The van der Waals surface area contributed by atoms with Crippen LogP contribution in [0.4, 0.5) is 0 Å². The number of aliphatic hydroxyl groups excluding tert-OH is 1. The highest BCUT2D eigenvalue weighted by Crippen LogP contribution is 2.39. The Balaban J connectivity index is 1.90. The van der Waals surface area contributed by atoms with Gasteiger partial charge in [-0.2, -0.15) is 4.98 Å². The third-order valence-corrected chi connectivity index (χ3v) is 3.79. The summed E-state index contributed by atoms with van der Waals surface area (Å²) in [5.41, 5.74) is 1.72. The number of ether oxygens (including phenoxy) is 2. The van der Waals surface area contributed by atoms with Crippen molar-refractivity contribution in [1.29, 1.82) is 0 Å². The lowest BCUT2D eigenvalue weighted by atomic mass is 9.95. The van der Waals surface area contributed by atoms with Gasteiger partial charge in [-0.25, -0.2) is 0 Å². The minimum absolute atomic E-state index is 0.470. The fourth-order valence-corrected chi connectivity index (χ4v) is 2.86. The molecule has 1 aromatic heterocycles. The average molecular weight is 305 g/mol.